The lowest BCUT2D eigenvalue weighted by molar-refractivity contribution is 0.616. The van der Waals surface area contributed by atoms with Crippen molar-refractivity contribution in [2.24, 2.45) is 0 Å². The smallest absolute Gasteiger partial charge is 0.142 e. The fourth-order valence-electron chi connectivity index (χ4n) is 2.24. The molecule has 5 heteroatoms. The summed E-state index contributed by atoms with van der Waals surface area (Å²) in [6.45, 7) is 7.04. The summed E-state index contributed by atoms with van der Waals surface area (Å²) in [5.74, 6) is 1.31. The van der Waals surface area contributed by atoms with E-state index >= 15 is 0 Å². The Hall–Kier alpha value is -1.55. The Morgan fingerprint density at radius 3 is 2.65 bits per heavy atom. The number of hydrogen-bond donors (Lipinski definition) is 1. The van der Waals surface area contributed by atoms with Gasteiger partial charge in [-0.2, -0.15) is 0 Å². The summed E-state index contributed by atoms with van der Waals surface area (Å²) in [6.07, 6.45) is 0.967. The van der Waals surface area contributed by atoms with E-state index in [1.165, 1.54) is 12.1 Å². The number of rotatable bonds is 4. The van der Waals surface area contributed by atoms with Gasteiger partial charge in [0.15, 0.2) is 0 Å². The van der Waals surface area contributed by atoms with Gasteiger partial charge in [-0.1, -0.05) is 38.4 Å². The first-order chi connectivity index (χ1) is 9.45. The third-order valence-corrected chi connectivity index (χ3v) is 3.50. The van der Waals surface area contributed by atoms with Crippen LogP contribution in [-0.2, 0) is 6.54 Å². The van der Waals surface area contributed by atoms with Crippen LogP contribution >= 0.6 is 11.6 Å². The van der Waals surface area contributed by atoms with Gasteiger partial charge in [-0.05, 0) is 18.6 Å². The predicted molar refractivity (Wildman–Crippen MR) is 81.4 cm³/mol. The van der Waals surface area contributed by atoms with Crippen molar-refractivity contribution >= 4 is 17.4 Å². The standard InChI is InChI=1S/C15H19ClFN3/c1-4-7-20-14(18)13(19-15(20)9(2)3)10-5-6-11(16)12(17)8-10/h5-6,8-9H,4,7,18H2,1-3H3. The van der Waals surface area contributed by atoms with Gasteiger partial charge in [-0.3, -0.25) is 0 Å². The minimum absolute atomic E-state index is 0.101. The van der Waals surface area contributed by atoms with Gasteiger partial charge in [0, 0.05) is 18.0 Å². The highest BCUT2D eigenvalue weighted by atomic mass is 35.5. The molecule has 0 fully saturated rings. The number of benzene rings is 1. The fraction of sp³-hybridized carbons (Fsp3) is 0.400. The zero-order chi connectivity index (χ0) is 14.9. The lowest BCUT2D eigenvalue weighted by atomic mass is 10.1. The van der Waals surface area contributed by atoms with Crippen LogP contribution in [0.15, 0.2) is 18.2 Å². The number of nitrogens with two attached hydrogens (primary N) is 1. The second-order valence-electron chi connectivity index (χ2n) is 5.14. The van der Waals surface area contributed by atoms with Crippen molar-refractivity contribution in [2.45, 2.75) is 39.7 Å². The van der Waals surface area contributed by atoms with E-state index in [1.807, 2.05) is 4.57 Å². The Kier molecular flexibility index (Phi) is 4.33. The molecule has 0 aliphatic rings. The molecule has 1 aromatic carbocycles. The molecule has 1 aromatic heterocycles. The second-order valence-corrected chi connectivity index (χ2v) is 5.55. The fourth-order valence-corrected chi connectivity index (χ4v) is 2.36. The molecule has 1 heterocycles. The van der Waals surface area contributed by atoms with E-state index < -0.39 is 5.82 Å². The van der Waals surface area contributed by atoms with Crippen molar-refractivity contribution < 1.29 is 4.39 Å². The lowest BCUT2D eigenvalue weighted by Crippen LogP contribution is -2.08. The van der Waals surface area contributed by atoms with E-state index in [2.05, 4.69) is 25.8 Å². The molecular weight excluding hydrogens is 277 g/mol. The van der Waals surface area contributed by atoms with Crippen LogP contribution < -0.4 is 5.73 Å². The van der Waals surface area contributed by atoms with Crippen molar-refractivity contribution in [3.8, 4) is 11.3 Å². The molecule has 0 amide bonds. The van der Waals surface area contributed by atoms with E-state index in [0.717, 1.165) is 18.8 Å². The van der Waals surface area contributed by atoms with Gasteiger partial charge in [0.25, 0.3) is 0 Å². The highest BCUT2D eigenvalue weighted by molar-refractivity contribution is 6.30. The summed E-state index contributed by atoms with van der Waals surface area (Å²) >= 11 is 5.71. The van der Waals surface area contributed by atoms with Gasteiger partial charge in [0.1, 0.15) is 23.2 Å². The first kappa shape index (κ1) is 14.9. The quantitative estimate of drug-likeness (QED) is 0.905. The van der Waals surface area contributed by atoms with Crippen LogP contribution in [0.3, 0.4) is 0 Å². The summed E-state index contributed by atoms with van der Waals surface area (Å²) in [6, 6.07) is 4.64. The highest BCUT2D eigenvalue weighted by Crippen LogP contribution is 2.31. The maximum absolute atomic E-state index is 13.6. The summed E-state index contributed by atoms with van der Waals surface area (Å²) in [7, 11) is 0. The Bertz CT molecular complexity index is 620. The number of nitrogen functional groups attached to an aromatic ring is 1. The molecule has 20 heavy (non-hydrogen) atoms. The molecule has 2 aromatic rings. The molecule has 0 spiro atoms. The zero-order valence-corrected chi connectivity index (χ0v) is 12.7. The summed E-state index contributed by atoms with van der Waals surface area (Å²) < 4.78 is 15.6. The lowest BCUT2D eigenvalue weighted by Gasteiger charge is -2.10. The van der Waals surface area contributed by atoms with Crippen LogP contribution in [-0.4, -0.2) is 9.55 Å². The summed E-state index contributed by atoms with van der Waals surface area (Å²) in [5.41, 5.74) is 7.47. The second kappa shape index (κ2) is 5.83. The van der Waals surface area contributed by atoms with Gasteiger partial charge in [-0.25, -0.2) is 9.37 Å². The molecule has 2 N–H and O–H groups in total. The Balaban J connectivity index is 2.56. The van der Waals surface area contributed by atoms with Crippen LogP contribution in [0.25, 0.3) is 11.3 Å². The largest absolute Gasteiger partial charge is 0.383 e. The van der Waals surface area contributed by atoms with E-state index in [9.17, 15) is 4.39 Å². The van der Waals surface area contributed by atoms with Crippen LogP contribution in [0.1, 0.15) is 38.9 Å². The van der Waals surface area contributed by atoms with E-state index in [0.29, 0.717) is 17.1 Å². The number of hydrogen-bond acceptors (Lipinski definition) is 2. The number of nitrogens with zero attached hydrogens (tertiary/aromatic N) is 2. The van der Waals surface area contributed by atoms with E-state index in [4.69, 9.17) is 17.3 Å². The predicted octanol–water partition coefficient (Wildman–Crippen LogP) is 4.46. The van der Waals surface area contributed by atoms with Crippen LogP contribution in [0.4, 0.5) is 10.2 Å². The summed E-state index contributed by atoms with van der Waals surface area (Å²) in [4.78, 5) is 4.60. The first-order valence-corrected chi connectivity index (χ1v) is 7.14. The maximum Gasteiger partial charge on any atom is 0.142 e. The maximum atomic E-state index is 13.6. The Labute approximate surface area is 123 Å². The van der Waals surface area contributed by atoms with Gasteiger partial charge < -0.3 is 10.3 Å². The molecule has 0 saturated carbocycles. The molecule has 0 unspecified atom stereocenters. The molecule has 3 nitrogen and oxygen atoms in total. The minimum Gasteiger partial charge on any atom is -0.383 e. The minimum atomic E-state index is -0.459. The highest BCUT2D eigenvalue weighted by Gasteiger charge is 2.18. The molecule has 0 saturated heterocycles. The number of aromatic nitrogens is 2. The summed E-state index contributed by atoms with van der Waals surface area (Å²) in [5, 5.41) is 0.101. The van der Waals surface area contributed by atoms with Crippen LogP contribution in [0, 0.1) is 5.82 Å². The molecule has 108 valence electrons. The molecule has 0 aliphatic heterocycles. The van der Waals surface area contributed by atoms with Gasteiger partial charge >= 0.3 is 0 Å². The molecule has 0 bridgehead atoms. The molecule has 0 aliphatic carbocycles. The van der Waals surface area contributed by atoms with Crippen LogP contribution in [0.2, 0.25) is 5.02 Å². The van der Waals surface area contributed by atoms with Gasteiger partial charge in [-0.15, -0.1) is 0 Å². The Morgan fingerprint density at radius 2 is 2.10 bits per heavy atom. The monoisotopic (exact) mass is 295 g/mol. The number of halogens is 2. The topological polar surface area (TPSA) is 43.8 Å². The number of imidazole rings is 1. The van der Waals surface area contributed by atoms with E-state index in [1.54, 1.807) is 6.07 Å². The van der Waals surface area contributed by atoms with Gasteiger partial charge in [0.2, 0.25) is 0 Å². The first-order valence-electron chi connectivity index (χ1n) is 6.77. The SMILES string of the molecule is CCCn1c(C(C)C)nc(-c2ccc(Cl)c(F)c2)c1N. The van der Waals surface area contributed by atoms with Crippen molar-refractivity contribution in [3.63, 3.8) is 0 Å². The van der Waals surface area contributed by atoms with Crippen molar-refractivity contribution in [3.05, 3.63) is 34.9 Å². The molecule has 2 rings (SSSR count). The van der Waals surface area contributed by atoms with Crippen molar-refractivity contribution in [1.82, 2.24) is 9.55 Å². The molecule has 0 radical (unpaired) electrons. The van der Waals surface area contributed by atoms with Gasteiger partial charge in [0.05, 0.1) is 5.02 Å². The molecular formula is C15H19ClFN3. The third-order valence-electron chi connectivity index (χ3n) is 3.19. The third kappa shape index (κ3) is 2.66. The Morgan fingerprint density at radius 1 is 1.40 bits per heavy atom. The van der Waals surface area contributed by atoms with Crippen LogP contribution in [0.5, 0.6) is 0 Å². The average molecular weight is 296 g/mol. The van der Waals surface area contributed by atoms with E-state index in [-0.39, 0.29) is 10.9 Å². The normalized spacial score (nSPS) is 11.3. The van der Waals surface area contributed by atoms with Crippen molar-refractivity contribution in [2.75, 3.05) is 5.73 Å². The zero-order valence-electron chi connectivity index (χ0n) is 12.0. The van der Waals surface area contributed by atoms with Crippen molar-refractivity contribution in [1.29, 1.82) is 0 Å². The molecule has 0 atom stereocenters. The average Bonchev–Trinajstić information content (AvgIpc) is 2.72. The number of anilines is 1.